The fourth-order valence-electron chi connectivity index (χ4n) is 5.95. The van der Waals surface area contributed by atoms with Gasteiger partial charge in [-0.1, -0.05) is 43.7 Å². The molecule has 3 aliphatic rings. The van der Waals surface area contributed by atoms with Crippen LogP contribution in [0.2, 0.25) is 0 Å². The molecule has 0 bridgehead atoms. The Bertz CT molecular complexity index is 928. The van der Waals surface area contributed by atoms with Crippen LogP contribution in [0.3, 0.4) is 0 Å². The van der Waals surface area contributed by atoms with E-state index in [4.69, 9.17) is 0 Å². The number of Topliss-reactive ketones (excluding diaryl/α,β-unsaturated/α-hetero) is 1. The van der Waals surface area contributed by atoms with Crippen LogP contribution in [0.5, 0.6) is 0 Å². The number of ketones is 1. The van der Waals surface area contributed by atoms with Gasteiger partial charge in [0, 0.05) is 31.2 Å². The highest BCUT2D eigenvalue weighted by Crippen LogP contribution is 2.37. The first kappa shape index (κ1) is 24.4. The summed E-state index contributed by atoms with van der Waals surface area (Å²) in [6.07, 6.45) is 5.58. The van der Waals surface area contributed by atoms with Gasteiger partial charge in [0.1, 0.15) is 5.54 Å². The molecule has 1 aromatic rings. The van der Waals surface area contributed by atoms with E-state index in [2.05, 4.69) is 17.3 Å². The van der Waals surface area contributed by atoms with E-state index in [1.165, 1.54) is 4.90 Å². The molecule has 3 fully saturated rings. The van der Waals surface area contributed by atoms with Crippen molar-refractivity contribution in [3.8, 4) is 0 Å². The smallest absolute Gasteiger partial charge is 0.325 e. The van der Waals surface area contributed by atoms with Crippen LogP contribution in [0.25, 0.3) is 0 Å². The zero-order valence-electron chi connectivity index (χ0n) is 20.3. The first-order valence-corrected chi connectivity index (χ1v) is 12.6. The number of hydrogen-bond donors (Lipinski definition) is 1. The lowest BCUT2D eigenvalue weighted by molar-refractivity contribution is -0.135. The van der Waals surface area contributed by atoms with E-state index in [1.807, 2.05) is 13.0 Å². The molecule has 4 amide bonds. The molecule has 3 aliphatic heterocycles. The Morgan fingerprint density at radius 1 is 1.06 bits per heavy atom. The van der Waals surface area contributed by atoms with E-state index >= 15 is 0 Å². The largest absolute Gasteiger partial charge is 0.336 e. The minimum absolute atomic E-state index is 0.0565. The minimum Gasteiger partial charge on any atom is -0.336 e. The predicted octanol–water partition coefficient (Wildman–Crippen LogP) is 2.68. The molecule has 8 nitrogen and oxygen atoms in total. The lowest BCUT2D eigenvalue weighted by Crippen LogP contribution is -2.57. The molecule has 0 aromatic heterocycles. The first-order valence-electron chi connectivity index (χ1n) is 12.6. The van der Waals surface area contributed by atoms with Gasteiger partial charge in [0.25, 0.3) is 11.8 Å². The average Bonchev–Trinajstić information content (AvgIpc) is 3.37. The topological polar surface area (TPSA) is 90.0 Å². The van der Waals surface area contributed by atoms with Crippen molar-refractivity contribution in [2.24, 2.45) is 5.92 Å². The highest BCUT2D eigenvalue weighted by Gasteiger charge is 2.55. The molecule has 4 rings (SSSR count). The second kappa shape index (κ2) is 10.3. The highest BCUT2D eigenvalue weighted by atomic mass is 16.2. The number of amides is 4. The van der Waals surface area contributed by atoms with E-state index in [-0.39, 0.29) is 17.9 Å². The maximum absolute atomic E-state index is 13.6. The Morgan fingerprint density at radius 2 is 1.76 bits per heavy atom. The van der Waals surface area contributed by atoms with Crippen LogP contribution >= 0.6 is 0 Å². The number of likely N-dealkylation sites (tertiary alicyclic amines) is 2. The Morgan fingerprint density at radius 3 is 2.38 bits per heavy atom. The molecule has 3 heterocycles. The molecule has 184 valence electrons. The van der Waals surface area contributed by atoms with Crippen LogP contribution < -0.4 is 5.32 Å². The summed E-state index contributed by atoms with van der Waals surface area (Å²) in [6.45, 7) is 4.34. The summed E-state index contributed by atoms with van der Waals surface area (Å²) in [7, 11) is 2.10. The van der Waals surface area contributed by atoms with Crippen molar-refractivity contribution in [1.82, 2.24) is 20.0 Å². The molecule has 8 heteroatoms. The highest BCUT2D eigenvalue weighted by molar-refractivity contribution is 6.42. The number of nitrogens with zero attached hydrogens (tertiary/aromatic N) is 3. The number of nitrogens with one attached hydrogen (secondary N) is 1. The molecule has 0 aliphatic carbocycles. The maximum atomic E-state index is 13.6. The number of imide groups is 1. The number of carbonyl (C=O) groups excluding carboxylic acids is 4. The van der Waals surface area contributed by atoms with Gasteiger partial charge >= 0.3 is 6.03 Å². The number of urea groups is 1. The summed E-state index contributed by atoms with van der Waals surface area (Å²) >= 11 is 0. The molecule has 0 saturated carbocycles. The summed E-state index contributed by atoms with van der Waals surface area (Å²) < 4.78 is 0. The van der Waals surface area contributed by atoms with Crippen molar-refractivity contribution in [2.45, 2.75) is 63.5 Å². The fraction of sp³-hybridized carbons (Fsp3) is 0.615. The third kappa shape index (κ3) is 4.60. The van der Waals surface area contributed by atoms with Crippen molar-refractivity contribution >= 4 is 23.6 Å². The minimum atomic E-state index is -0.911. The Labute approximate surface area is 201 Å². The summed E-state index contributed by atoms with van der Waals surface area (Å²) in [4.78, 5) is 57.2. The van der Waals surface area contributed by atoms with Crippen LogP contribution in [-0.2, 0) is 9.59 Å². The fourth-order valence-corrected chi connectivity index (χ4v) is 5.95. The van der Waals surface area contributed by atoms with Gasteiger partial charge in [0.05, 0.1) is 0 Å². The Kier molecular flexibility index (Phi) is 7.36. The van der Waals surface area contributed by atoms with Gasteiger partial charge in [0.15, 0.2) is 0 Å². The van der Waals surface area contributed by atoms with Crippen molar-refractivity contribution in [3.05, 3.63) is 35.9 Å². The SMILES string of the molecule is CCCC1(C2CCN(C(=O)C(=O)c3ccccc3)CC2)NC(=O)N(CCC2CCCN2C)C1=O. The molecule has 2 unspecified atom stereocenters. The van der Waals surface area contributed by atoms with Crippen molar-refractivity contribution in [3.63, 3.8) is 0 Å². The quantitative estimate of drug-likeness (QED) is 0.360. The van der Waals surface area contributed by atoms with Crippen LogP contribution in [-0.4, -0.2) is 83.1 Å². The monoisotopic (exact) mass is 468 g/mol. The second-order valence-electron chi connectivity index (χ2n) is 9.94. The average molecular weight is 469 g/mol. The lowest BCUT2D eigenvalue weighted by Gasteiger charge is -2.40. The lowest BCUT2D eigenvalue weighted by atomic mass is 9.74. The molecular formula is C26H36N4O4. The van der Waals surface area contributed by atoms with Gasteiger partial charge in [-0.15, -0.1) is 0 Å². The van der Waals surface area contributed by atoms with Crippen LogP contribution in [0.1, 0.15) is 62.2 Å². The van der Waals surface area contributed by atoms with Crippen LogP contribution in [0.15, 0.2) is 30.3 Å². The van der Waals surface area contributed by atoms with E-state index in [9.17, 15) is 19.2 Å². The summed E-state index contributed by atoms with van der Waals surface area (Å²) in [5, 5.41) is 3.07. The van der Waals surface area contributed by atoms with Gasteiger partial charge in [-0.3, -0.25) is 19.3 Å². The van der Waals surface area contributed by atoms with E-state index in [1.54, 1.807) is 29.2 Å². The molecular weight excluding hydrogens is 432 g/mol. The Hall–Kier alpha value is -2.74. The molecule has 0 radical (unpaired) electrons. The summed E-state index contributed by atoms with van der Waals surface area (Å²) in [5.41, 5.74) is -0.523. The van der Waals surface area contributed by atoms with Crippen LogP contribution in [0, 0.1) is 5.92 Å². The predicted molar refractivity (Wildman–Crippen MR) is 128 cm³/mol. The van der Waals surface area contributed by atoms with Gasteiger partial charge in [0.2, 0.25) is 5.78 Å². The second-order valence-corrected chi connectivity index (χ2v) is 9.94. The molecule has 2 atom stereocenters. The third-order valence-electron chi connectivity index (χ3n) is 7.91. The molecule has 1 N–H and O–H groups in total. The zero-order chi connectivity index (χ0) is 24.3. The standard InChI is InChI=1S/C26H36N4O4/c1-3-14-26(24(33)30(25(34)27-26)18-13-21-10-7-15-28(21)2)20-11-16-29(17-12-20)23(32)22(31)19-8-5-4-6-9-19/h4-6,8-9,20-21H,3,7,10-18H2,1-2H3,(H,27,34). The van der Waals surface area contributed by atoms with E-state index in [0.29, 0.717) is 50.5 Å². The van der Waals surface area contributed by atoms with E-state index < -0.39 is 17.2 Å². The normalized spacial score (nSPS) is 26.2. The summed E-state index contributed by atoms with van der Waals surface area (Å²) in [6, 6.07) is 8.71. The van der Waals surface area contributed by atoms with Crippen molar-refractivity contribution in [2.75, 3.05) is 33.2 Å². The molecule has 3 saturated heterocycles. The number of benzene rings is 1. The van der Waals surface area contributed by atoms with Gasteiger partial charge < -0.3 is 15.1 Å². The Balaban J connectivity index is 1.40. The molecule has 0 spiro atoms. The number of rotatable bonds is 8. The summed E-state index contributed by atoms with van der Waals surface area (Å²) in [5.74, 6) is -1.18. The zero-order valence-corrected chi connectivity index (χ0v) is 20.3. The van der Waals surface area contributed by atoms with Crippen molar-refractivity contribution < 1.29 is 19.2 Å². The number of hydrogen-bond acceptors (Lipinski definition) is 5. The van der Waals surface area contributed by atoms with Crippen molar-refractivity contribution in [1.29, 1.82) is 0 Å². The van der Waals surface area contributed by atoms with Gasteiger partial charge in [-0.05, 0) is 58.0 Å². The molecule has 1 aromatic carbocycles. The van der Waals surface area contributed by atoms with Gasteiger partial charge in [-0.25, -0.2) is 4.79 Å². The van der Waals surface area contributed by atoms with Gasteiger partial charge in [-0.2, -0.15) is 0 Å². The third-order valence-corrected chi connectivity index (χ3v) is 7.91. The van der Waals surface area contributed by atoms with E-state index in [0.717, 1.165) is 32.2 Å². The first-order chi connectivity index (χ1) is 16.4. The number of piperidine rings is 1. The number of carbonyl (C=O) groups is 4. The van der Waals surface area contributed by atoms with Crippen LogP contribution in [0.4, 0.5) is 4.79 Å². The maximum Gasteiger partial charge on any atom is 0.325 e. The molecule has 34 heavy (non-hydrogen) atoms.